The van der Waals surface area contributed by atoms with Crippen molar-refractivity contribution in [1.82, 2.24) is 10.2 Å². The molecule has 1 fully saturated rings. The number of likely N-dealkylation sites (tertiary alicyclic amines) is 1. The molecule has 1 saturated heterocycles. The molecule has 0 aromatic heterocycles. The highest BCUT2D eigenvalue weighted by Crippen LogP contribution is 2.20. The summed E-state index contributed by atoms with van der Waals surface area (Å²) in [4.78, 5) is 37.9. The fourth-order valence-electron chi connectivity index (χ4n) is 3.68. The Morgan fingerprint density at radius 2 is 1.78 bits per heavy atom. The topological polar surface area (TPSA) is 144 Å². The number of hydrogen-bond acceptors (Lipinski definition) is 5. The van der Waals surface area contributed by atoms with Gasteiger partial charge in [-0.05, 0) is 51.3 Å². The summed E-state index contributed by atoms with van der Waals surface area (Å²) in [6.07, 6.45) is 0.624. The second-order valence-corrected chi connectivity index (χ2v) is 9.40. The molecule has 9 nitrogen and oxygen atoms in total. The Morgan fingerprint density at radius 1 is 1.14 bits per heavy atom. The van der Waals surface area contributed by atoms with E-state index in [2.05, 4.69) is 5.32 Å². The van der Waals surface area contributed by atoms with Crippen molar-refractivity contribution in [3.63, 3.8) is 0 Å². The minimum absolute atomic E-state index is 0.266. The Balaban J connectivity index is 0.000000380. The number of alkyl carbamates (subject to hydrolysis) is 1. The smallest absolute Gasteiger partial charge is 0.408 e. The van der Waals surface area contributed by atoms with Crippen molar-refractivity contribution in [2.45, 2.75) is 64.3 Å². The van der Waals surface area contributed by atoms with E-state index < -0.39 is 35.7 Å². The maximum Gasteiger partial charge on any atom is 0.408 e. The second-order valence-electron chi connectivity index (χ2n) is 9.40. The summed E-state index contributed by atoms with van der Waals surface area (Å²) in [6.45, 7) is 5.87. The Morgan fingerprint density at radius 3 is 2.31 bits per heavy atom. The van der Waals surface area contributed by atoms with E-state index in [1.54, 1.807) is 45.0 Å². The van der Waals surface area contributed by atoms with Crippen molar-refractivity contribution in [2.75, 3.05) is 6.54 Å². The molecular formula is C27H33N4O5-. The number of carboxylic acids is 1. The van der Waals surface area contributed by atoms with Crippen LogP contribution in [0.25, 0.3) is 5.73 Å². The Bertz CT molecular complexity index is 1060. The summed E-state index contributed by atoms with van der Waals surface area (Å²) < 4.78 is 5.26. The number of rotatable bonds is 6. The third-order valence-electron chi connectivity index (χ3n) is 5.38. The Hall–Kier alpha value is -3.90. The fourth-order valence-corrected chi connectivity index (χ4v) is 3.68. The molecule has 2 atom stereocenters. The molecule has 1 aliphatic heterocycles. The maximum absolute atomic E-state index is 13.0. The standard InChI is InChI=1S/C19H26N2O5.C8H7N2/c1-19(2,3)26-18(25)20-14(12-13-8-5-4-6-9-13)16(22)21-11-7-10-15(21)17(23)24;9-5-7-1-2-8(6-10)4-3-7/h4-6,8-9,14-15H,7,10-12H2,1-3H3,(H,20,25)(H,23,24);1-4,9H,5H2/q;-1/t14-,15+;/m1./s1. The normalized spacial score (nSPS) is 15.6. The zero-order valence-electron chi connectivity index (χ0n) is 20.9. The molecular weight excluding hydrogens is 460 g/mol. The van der Waals surface area contributed by atoms with Crippen LogP contribution < -0.4 is 5.32 Å². The molecule has 192 valence electrons. The molecule has 3 N–H and O–H groups in total. The van der Waals surface area contributed by atoms with E-state index in [0.29, 0.717) is 24.9 Å². The van der Waals surface area contributed by atoms with Gasteiger partial charge < -0.3 is 25.8 Å². The van der Waals surface area contributed by atoms with E-state index in [1.165, 1.54) is 4.90 Å². The number of carboxylic acid groups (broad SMARTS) is 1. The maximum atomic E-state index is 13.0. The summed E-state index contributed by atoms with van der Waals surface area (Å²) >= 11 is 0. The van der Waals surface area contributed by atoms with Gasteiger partial charge in [-0.2, -0.15) is 5.26 Å². The first kappa shape index (κ1) is 28.3. The van der Waals surface area contributed by atoms with Crippen molar-refractivity contribution in [1.29, 1.82) is 5.26 Å². The number of nitriles is 1. The quantitative estimate of drug-likeness (QED) is 0.614. The highest BCUT2D eigenvalue weighted by Gasteiger charge is 2.38. The molecule has 2 aromatic rings. The van der Waals surface area contributed by atoms with Gasteiger partial charge >= 0.3 is 12.1 Å². The number of carbonyl (C=O) groups is 3. The molecule has 0 spiro atoms. The van der Waals surface area contributed by atoms with Gasteiger partial charge in [-0.15, -0.1) is 6.54 Å². The summed E-state index contributed by atoms with van der Waals surface area (Å²) in [5, 5.41) is 20.4. The lowest BCUT2D eigenvalue weighted by Crippen LogP contribution is -2.53. The summed E-state index contributed by atoms with van der Waals surface area (Å²) in [7, 11) is 0. The van der Waals surface area contributed by atoms with Crippen LogP contribution in [-0.2, 0) is 27.3 Å². The molecule has 0 unspecified atom stereocenters. The minimum atomic E-state index is -1.02. The zero-order valence-corrected chi connectivity index (χ0v) is 20.9. The lowest BCUT2D eigenvalue weighted by Gasteiger charge is -2.28. The number of nitrogens with zero attached hydrogens (tertiary/aromatic N) is 2. The van der Waals surface area contributed by atoms with Gasteiger partial charge in [0.2, 0.25) is 5.91 Å². The molecule has 9 heteroatoms. The molecule has 3 rings (SSSR count). The van der Waals surface area contributed by atoms with Crippen molar-refractivity contribution in [3.8, 4) is 6.07 Å². The molecule has 2 amide bonds. The Kier molecular flexibility index (Phi) is 10.4. The lowest BCUT2D eigenvalue weighted by molar-refractivity contribution is -0.149. The van der Waals surface area contributed by atoms with Crippen LogP contribution in [0.5, 0.6) is 0 Å². The van der Waals surface area contributed by atoms with E-state index in [9.17, 15) is 19.5 Å². The zero-order chi connectivity index (χ0) is 26.7. The average molecular weight is 494 g/mol. The van der Waals surface area contributed by atoms with Gasteiger partial charge in [0.15, 0.2) is 0 Å². The van der Waals surface area contributed by atoms with E-state index in [1.807, 2.05) is 36.4 Å². The minimum Gasteiger partial charge on any atom is -0.674 e. The van der Waals surface area contributed by atoms with Gasteiger partial charge in [0.1, 0.15) is 17.7 Å². The largest absolute Gasteiger partial charge is 0.674 e. The predicted molar refractivity (Wildman–Crippen MR) is 135 cm³/mol. The first-order chi connectivity index (χ1) is 17.0. The molecule has 0 radical (unpaired) electrons. The molecule has 0 aliphatic carbocycles. The van der Waals surface area contributed by atoms with Crippen molar-refractivity contribution < 1.29 is 24.2 Å². The van der Waals surface area contributed by atoms with Crippen LogP contribution in [0.4, 0.5) is 4.79 Å². The van der Waals surface area contributed by atoms with Crippen LogP contribution in [0.1, 0.15) is 50.3 Å². The number of aliphatic carboxylic acids is 1. The van der Waals surface area contributed by atoms with E-state index in [-0.39, 0.29) is 13.0 Å². The molecule has 1 aliphatic rings. The van der Waals surface area contributed by atoms with Gasteiger partial charge in [0.05, 0.1) is 11.6 Å². The molecule has 2 aromatic carbocycles. The van der Waals surface area contributed by atoms with Crippen LogP contribution in [0, 0.1) is 11.3 Å². The Labute approximate surface area is 211 Å². The van der Waals surface area contributed by atoms with Gasteiger partial charge in [-0.25, -0.2) is 9.59 Å². The summed E-state index contributed by atoms with van der Waals surface area (Å²) in [6, 6.07) is 16.6. The third kappa shape index (κ3) is 9.04. The SMILES string of the molecule is CC(C)(C)OC(=O)N[C@H](Cc1ccccc1)C(=O)N1CCC[C@H]1C(=O)O.N#Cc1ccc(C[NH-])cc1. The fraction of sp³-hybridized carbons (Fsp3) is 0.407. The average Bonchev–Trinajstić information content (AvgIpc) is 3.33. The van der Waals surface area contributed by atoms with E-state index in [0.717, 1.165) is 11.1 Å². The first-order valence-electron chi connectivity index (χ1n) is 11.7. The summed E-state index contributed by atoms with van der Waals surface area (Å²) in [5.41, 5.74) is 8.76. The van der Waals surface area contributed by atoms with Crippen molar-refractivity contribution in [3.05, 3.63) is 77.0 Å². The van der Waals surface area contributed by atoms with E-state index >= 15 is 0 Å². The van der Waals surface area contributed by atoms with Crippen LogP contribution in [-0.4, -0.2) is 52.2 Å². The van der Waals surface area contributed by atoms with Crippen LogP contribution >= 0.6 is 0 Å². The van der Waals surface area contributed by atoms with Crippen molar-refractivity contribution in [2.24, 2.45) is 0 Å². The van der Waals surface area contributed by atoms with Crippen molar-refractivity contribution >= 4 is 18.0 Å². The number of hydrogen-bond donors (Lipinski definition) is 2. The van der Waals surface area contributed by atoms with Crippen LogP contribution in [0.15, 0.2) is 54.6 Å². The van der Waals surface area contributed by atoms with Gasteiger partial charge in [-0.1, -0.05) is 48.0 Å². The molecule has 0 saturated carbocycles. The highest BCUT2D eigenvalue weighted by molar-refractivity contribution is 5.90. The number of amides is 2. The highest BCUT2D eigenvalue weighted by atomic mass is 16.6. The lowest BCUT2D eigenvalue weighted by atomic mass is 10.0. The molecule has 0 bridgehead atoms. The van der Waals surface area contributed by atoms with E-state index in [4.69, 9.17) is 15.7 Å². The first-order valence-corrected chi connectivity index (χ1v) is 11.7. The monoisotopic (exact) mass is 493 g/mol. The van der Waals surface area contributed by atoms with Crippen LogP contribution in [0.2, 0.25) is 0 Å². The second kappa shape index (κ2) is 13.3. The third-order valence-corrected chi connectivity index (χ3v) is 5.38. The van der Waals surface area contributed by atoms with Gasteiger partial charge in [0, 0.05) is 13.0 Å². The molecule has 1 heterocycles. The molecule has 36 heavy (non-hydrogen) atoms. The predicted octanol–water partition coefficient (Wildman–Crippen LogP) is 4.31. The number of benzene rings is 2. The number of carbonyl (C=O) groups excluding carboxylic acids is 2. The summed E-state index contributed by atoms with van der Waals surface area (Å²) in [5.74, 6) is -1.42. The van der Waals surface area contributed by atoms with Gasteiger partial charge in [-0.3, -0.25) is 4.79 Å². The van der Waals surface area contributed by atoms with Crippen LogP contribution in [0.3, 0.4) is 0 Å². The van der Waals surface area contributed by atoms with Gasteiger partial charge in [0.25, 0.3) is 0 Å². The number of ether oxygens (including phenoxy) is 1. The number of nitrogens with one attached hydrogen (secondary N) is 2.